The molecule has 1 saturated carbocycles. The van der Waals surface area contributed by atoms with Crippen LogP contribution in [-0.2, 0) is 4.79 Å². The summed E-state index contributed by atoms with van der Waals surface area (Å²) in [6.45, 7) is 0.685. The molecule has 3 heterocycles. The number of carbonyl (C=O) groups is 1. The number of fused-ring (bicyclic) bond motifs is 3. The summed E-state index contributed by atoms with van der Waals surface area (Å²) >= 11 is 0. The molecular formula is C21H23N3O3. The van der Waals surface area contributed by atoms with Gasteiger partial charge in [0.15, 0.2) is 11.4 Å². The second-order valence-electron chi connectivity index (χ2n) is 7.71. The minimum absolute atomic E-state index is 0.349. The Balaban J connectivity index is 1.73. The monoisotopic (exact) mass is 365 g/mol. The number of para-hydroxylation sites is 1. The maximum absolute atomic E-state index is 11.8. The second-order valence-corrected chi connectivity index (χ2v) is 7.71. The van der Waals surface area contributed by atoms with Gasteiger partial charge in [-0.25, -0.2) is 14.8 Å². The van der Waals surface area contributed by atoms with Crippen molar-refractivity contribution in [3.05, 3.63) is 30.1 Å². The minimum Gasteiger partial charge on any atom is -0.480 e. The van der Waals surface area contributed by atoms with Crippen molar-refractivity contribution in [3.63, 3.8) is 0 Å². The van der Waals surface area contributed by atoms with Gasteiger partial charge in [-0.05, 0) is 37.8 Å². The van der Waals surface area contributed by atoms with Crippen LogP contribution >= 0.6 is 0 Å². The standard InChI is InChI=1S/C21H23N3O3/c25-21(26)15-10-6-12-24(15)20-18-17(14-9-4-5-11-16(14)27-18)22-19(23-20)13-7-2-1-3-8-13/h4-5,9,11,13,15H,1-3,6-8,10,12H2,(H,25,26)/t15-/m0/s1. The van der Waals surface area contributed by atoms with Crippen LogP contribution in [0.25, 0.3) is 22.1 Å². The Bertz CT molecular complexity index is 1010. The van der Waals surface area contributed by atoms with Crippen molar-refractivity contribution in [1.82, 2.24) is 9.97 Å². The highest BCUT2D eigenvalue weighted by atomic mass is 16.4. The topological polar surface area (TPSA) is 79.5 Å². The van der Waals surface area contributed by atoms with E-state index in [1.165, 1.54) is 19.3 Å². The Morgan fingerprint density at radius 2 is 1.89 bits per heavy atom. The van der Waals surface area contributed by atoms with E-state index in [0.717, 1.165) is 41.6 Å². The Morgan fingerprint density at radius 1 is 1.07 bits per heavy atom. The van der Waals surface area contributed by atoms with Crippen molar-refractivity contribution in [1.29, 1.82) is 0 Å². The van der Waals surface area contributed by atoms with E-state index in [9.17, 15) is 9.90 Å². The third kappa shape index (κ3) is 2.74. The van der Waals surface area contributed by atoms with E-state index in [2.05, 4.69) is 0 Å². The molecule has 1 atom stereocenters. The highest BCUT2D eigenvalue weighted by molar-refractivity contribution is 6.06. The second kappa shape index (κ2) is 6.51. The van der Waals surface area contributed by atoms with Gasteiger partial charge in [-0.2, -0.15) is 0 Å². The fourth-order valence-electron chi connectivity index (χ4n) is 4.61. The molecule has 6 nitrogen and oxygen atoms in total. The molecule has 0 bridgehead atoms. The molecule has 6 heteroatoms. The molecule has 0 amide bonds. The van der Waals surface area contributed by atoms with E-state index < -0.39 is 12.0 Å². The van der Waals surface area contributed by atoms with Crippen LogP contribution in [0.1, 0.15) is 56.7 Å². The number of aliphatic carboxylic acids is 1. The molecule has 2 fully saturated rings. The van der Waals surface area contributed by atoms with Gasteiger partial charge in [0.2, 0.25) is 0 Å². The van der Waals surface area contributed by atoms with E-state index in [0.29, 0.717) is 30.3 Å². The summed E-state index contributed by atoms with van der Waals surface area (Å²) in [7, 11) is 0. The van der Waals surface area contributed by atoms with E-state index >= 15 is 0 Å². The molecule has 1 saturated heterocycles. The van der Waals surface area contributed by atoms with Crippen LogP contribution < -0.4 is 4.90 Å². The first-order valence-electron chi connectivity index (χ1n) is 9.91. The Kier molecular flexibility index (Phi) is 3.99. The lowest BCUT2D eigenvalue weighted by Crippen LogP contribution is -2.36. The predicted octanol–water partition coefficient (Wildman–Crippen LogP) is 4.48. The smallest absolute Gasteiger partial charge is 0.326 e. The number of anilines is 1. The SMILES string of the molecule is O=C(O)[C@@H]1CCCN1c1nc(C2CCCCC2)nc2c1oc1ccccc12. The first kappa shape index (κ1) is 16.5. The van der Waals surface area contributed by atoms with E-state index in [-0.39, 0.29) is 0 Å². The fourth-order valence-corrected chi connectivity index (χ4v) is 4.61. The lowest BCUT2D eigenvalue weighted by Gasteiger charge is -2.25. The van der Waals surface area contributed by atoms with Crippen LogP contribution in [0.15, 0.2) is 28.7 Å². The molecule has 5 rings (SSSR count). The number of carboxylic acid groups (broad SMARTS) is 1. The summed E-state index contributed by atoms with van der Waals surface area (Å²) in [4.78, 5) is 23.5. The van der Waals surface area contributed by atoms with Crippen molar-refractivity contribution in [2.24, 2.45) is 0 Å². The number of hydrogen-bond donors (Lipinski definition) is 1. The summed E-state index contributed by atoms with van der Waals surface area (Å²) in [6.07, 6.45) is 7.37. The summed E-state index contributed by atoms with van der Waals surface area (Å²) in [5, 5.41) is 10.6. The van der Waals surface area contributed by atoms with Crippen LogP contribution in [0, 0.1) is 0 Å². The molecule has 2 aliphatic rings. The average Bonchev–Trinajstić information content (AvgIpc) is 3.33. The molecule has 1 N–H and O–H groups in total. The largest absolute Gasteiger partial charge is 0.480 e. The van der Waals surface area contributed by atoms with Gasteiger partial charge >= 0.3 is 5.97 Å². The normalized spacial score (nSPS) is 21.3. The Hall–Kier alpha value is -2.63. The highest BCUT2D eigenvalue weighted by Gasteiger charge is 2.34. The van der Waals surface area contributed by atoms with Crippen LogP contribution in [0.5, 0.6) is 0 Å². The molecule has 27 heavy (non-hydrogen) atoms. The molecule has 1 aliphatic heterocycles. The van der Waals surface area contributed by atoms with E-state index in [4.69, 9.17) is 14.4 Å². The first-order chi connectivity index (χ1) is 13.2. The van der Waals surface area contributed by atoms with Crippen LogP contribution in [0.4, 0.5) is 5.82 Å². The van der Waals surface area contributed by atoms with Crippen molar-refractivity contribution in [2.45, 2.75) is 56.9 Å². The number of rotatable bonds is 3. The number of benzene rings is 1. The van der Waals surface area contributed by atoms with Gasteiger partial charge in [0.25, 0.3) is 0 Å². The van der Waals surface area contributed by atoms with Gasteiger partial charge in [-0.3, -0.25) is 0 Å². The van der Waals surface area contributed by atoms with Crippen molar-refractivity contribution in [3.8, 4) is 0 Å². The van der Waals surface area contributed by atoms with Gasteiger partial charge in [0, 0.05) is 17.8 Å². The van der Waals surface area contributed by atoms with E-state index in [1.54, 1.807) is 0 Å². The van der Waals surface area contributed by atoms with Gasteiger partial charge in [-0.1, -0.05) is 31.4 Å². The van der Waals surface area contributed by atoms with Crippen LogP contribution in [-0.4, -0.2) is 33.6 Å². The zero-order valence-electron chi connectivity index (χ0n) is 15.2. The van der Waals surface area contributed by atoms with Gasteiger partial charge in [0.1, 0.15) is 23.0 Å². The van der Waals surface area contributed by atoms with Crippen molar-refractivity contribution < 1.29 is 14.3 Å². The van der Waals surface area contributed by atoms with Crippen molar-refractivity contribution >= 4 is 33.9 Å². The number of aromatic nitrogens is 2. The summed E-state index contributed by atoms with van der Waals surface area (Å²) in [5.74, 6) is 1.05. The minimum atomic E-state index is -0.797. The number of nitrogens with zero attached hydrogens (tertiary/aromatic N) is 3. The molecule has 3 aromatic rings. The molecule has 2 aromatic heterocycles. The lowest BCUT2D eigenvalue weighted by molar-refractivity contribution is -0.138. The molecule has 0 spiro atoms. The zero-order chi connectivity index (χ0) is 18.4. The summed E-state index contributed by atoms with van der Waals surface area (Å²) in [6, 6.07) is 7.32. The first-order valence-corrected chi connectivity index (χ1v) is 9.91. The zero-order valence-corrected chi connectivity index (χ0v) is 15.2. The third-order valence-corrected chi connectivity index (χ3v) is 6.00. The predicted molar refractivity (Wildman–Crippen MR) is 103 cm³/mol. The van der Waals surface area contributed by atoms with Crippen molar-refractivity contribution in [2.75, 3.05) is 11.4 Å². The van der Waals surface area contributed by atoms with Crippen LogP contribution in [0.3, 0.4) is 0 Å². The highest BCUT2D eigenvalue weighted by Crippen LogP contribution is 2.39. The maximum atomic E-state index is 11.8. The quantitative estimate of drug-likeness (QED) is 0.737. The molecule has 0 radical (unpaired) electrons. The average molecular weight is 365 g/mol. The molecule has 140 valence electrons. The van der Waals surface area contributed by atoms with Gasteiger partial charge in [-0.15, -0.1) is 0 Å². The van der Waals surface area contributed by atoms with Gasteiger partial charge < -0.3 is 14.4 Å². The number of carboxylic acids is 1. The Labute approximate surface area is 157 Å². The molecular weight excluding hydrogens is 342 g/mol. The van der Waals surface area contributed by atoms with Gasteiger partial charge in [0.05, 0.1) is 0 Å². The van der Waals surface area contributed by atoms with E-state index in [1.807, 2.05) is 29.2 Å². The lowest BCUT2D eigenvalue weighted by atomic mass is 9.88. The Morgan fingerprint density at radius 3 is 2.70 bits per heavy atom. The summed E-state index contributed by atoms with van der Waals surface area (Å²) < 4.78 is 6.11. The molecule has 0 unspecified atom stereocenters. The summed E-state index contributed by atoms with van der Waals surface area (Å²) in [5.41, 5.74) is 2.20. The number of furan rings is 1. The maximum Gasteiger partial charge on any atom is 0.326 e. The van der Waals surface area contributed by atoms with Crippen LogP contribution in [0.2, 0.25) is 0 Å². The molecule has 1 aliphatic carbocycles. The molecule has 1 aromatic carbocycles. The third-order valence-electron chi connectivity index (χ3n) is 6.00. The number of hydrogen-bond acceptors (Lipinski definition) is 5. The fraction of sp³-hybridized carbons (Fsp3) is 0.476.